The number of aromatic nitrogens is 1. The highest BCUT2D eigenvalue weighted by atomic mass is 32.1. The number of hydrogen-bond acceptors (Lipinski definition) is 4. The zero-order valence-corrected chi connectivity index (χ0v) is 10.2. The van der Waals surface area contributed by atoms with Gasteiger partial charge in [0.2, 0.25) is 0 Å². The first kappa shape index (κ1) is 11.9. The quantitative estimate of drug-likeness (QED) is 0.574. The van der Waals surface area contributed by atoms with Crippen molar-refractivity contribution in [2.45, 2.75) is 33.3 Å². The molecule has 0 unspecified atom stereocenters. The topological polar surface area (TPSA) is 39.2 Å². The monoisotopic (exact) mass is 225 g/mol. The molecule has 3 nitrogen and oxygen atoms in total. The highest BCUT2D eigenvalue weighted by Crippen LogP contribution is 2.11. The fourth-order valence-electron chi connectivity index (χ4n) is 0.946. The van der Waals surface area contributed by atoms with Crippen molar-refractivity contribution in [2.24, 2.45) is 0 Å². The van der Waals surface area contributed by atoms with Crippen LogP contribution in [0.3, 0.4) is 0 Å². The van der Waals surface area contributed by atoms with Crippen molar-refractivity contribution in [1.29, 1.82) is 0 Å². The van der Waals surface area contributed by atoms with E-state index in [-0.39, 0.29) is 5.97 Å². The predicted molar refractivity (Wildman–Crippen MR) is 61.7 cm³/mol. The van der Waals surface area contributed by atoms with Crippen molar-refractivity contribution in [3.05, 3.63) is 22.2 Å². The van der Waals surface area contributed by atoms with E-state index < -0.39 is 5.60 Å². The number of aryl methyl sites for hydroxylation is 1. The molecule has 0 N–H and O–H groups in total. The Balaban J connectivity index is 2.55. The van der Waals surface area contributed by atoms with Crippen molar-refractivity contribution in [1.82, 2.24) is 4.98 Å². The van der Waals surface area contributed by atoms with Crippen LogP contribution >= 0.6 is 11.3 Å². The second-order valence-electron chi connectivity index (χ2n) is 4.16. The molecule has 0 amide bonds. The number of rotatable bonds is 2. The maximum atomic E-state index is 11.3. The SMILES string of the molecule is Cc1nc(C=CC(=O)OC(C)(C)C)cs1. The van der Waals surface area contributed by atoms with Gasteiger partial charge in [-0.1, -0.05) is 0 Å². The Hall–Kier alpha value is -1.16. The summed E-state index contributed by atoms with van der Waals surface area (Å²) >= 11 is 1.55. The number of carbonyl (C=O) groups is 1. The second kappa shape index (κ2) is 4.57. The van der Waals surface area contributed by atoms with Gasteiger partial charge in [-0.3, -0.25) is 0 Å². The average Bonchev–Trinajstić information content (AvgIpc) is 2.45. The Morgan fingerprint density at radius 2 is 2.20 bits per heavy atom. The number of nitrogens with zero attached hydrogens (tertiary/aromatic N) is 1. The third kappa shape index (κ3) is 4.74. The molecule has 1 aromatic rings. The largest absolute Gasteiger partial charge is 0.457 e. The molecule has 0 bridgehead atoms. The Bertz CT molecular complexity index is 374. The lowest BCUT2D eigenvalue weighted by atomic mass is 10.2. The smallest absolute Gasteiger partial charge is 0.331 e. The van der Waals surface area contributed by atoms with Crippen LogP contribution in [0.5, 0.6) is 0 Å². The van der Waals surface area contributed by atoms with Gasteiger partial charge in [0.25, 0.3) is 0 Å². The van der Waals surface area contributed by atoms with Gasteiger partial charge in [0.05, 0.1) is 10.7 Å². The molecule has 0 saturated heterocycles. The molecule has 0 radical (unpaired) electrons. The van der Waals surface area contributed by atoms with Crippen molar-refractivity contribution in [3.63, 3.8) is 0 Å². The summed E-state index contributed by atoms with van der Waals surface area (Å²) in [5.74, 6) is -0.340. The number of ether oxygens (including phenoxy) is 1. The average molecular weight is 225 g/mol. The van der Waals surface area contributed by atoms with Gasteiger partial charge in [-0.25, -0.2) is 9.78 Å². The van der Waals surface area contributed by atoms with Crippen LogP contribution in [0, 0.1) is 6.92 Å². The molecule has 1 heterocycles. The maximum Gasteiger partial charge on any atom is 0.331 e. The van der Waals surface area contributed by atoms with E-state index in [1.807, 2.05) is 33.1 Å². The van der Waals surface area contributed by atoms with E-state index in [2.05, 4.69) is 4.98 Å². The zero-order chi connectivity index (χ0) is 11.5. The van der Waals surface area contributed by atoms with Gasteiger partial charge in [-0.2, -0.15) is 0 Å². The molecule has 0 fully saturated rings. The molecule has 1 aromatic heterocycles. The lowest BCUT2D eigenvalue weighted by Crippen LogP contribution is -2.22. The molecule has 15 heavy (non-hydrogen) atoms. The fraction of sp³-hybridized carbons (Fsp3) is 0.455. The highest BCUT2D eigenvalue weighted by molar-refractivity contribution is 7.09. The fourth-order valence-corrected chi connectivity index (χ4v) is 1.53. The summed E-state index contributed by atoms with van der Waals surface area (Å²) in [6, 6.07) is 0. The third-order valence-corrected chi connectivity index (χ3v) is 2.23. The normalized spacial score (nSPS) is 12.0. The number of esters is 1. The van der Waals surface area contributed by atoms with Crippen LogP contribution in [-0.2, 0) is 9.53 Å². The Kier molecular flexibility index (Phi) is 3.63. The van der Waals surface area contributed by atoms with Gasteiger partial charge in [0.15, 0.2) is 0 Å². The van der Waals surface area contributed by atoms with Crippen LogP contribution in [0.1, 0.15) is 31.5 Å². The minimum absolute atomic E-state index is 0.340. The van der Waals surface area contributed by atoms with Crippen LogP contribution in [0.2, 0.25) is 0 Å². The summed E-state index contributed by atoms with van der Waals surface area (Å²) in [5.41, 5.74) is 0.350. The Labute approximate surface area is 93.8 Å². The molecule has 0 aliphatic carbocycles. The van der Waals surface area contributed by atoms with Crippen LogP contribution < -0.4 is 0 Å². The molecule has 0 saturated carbocycles. The zero-order valence-electron chi connectivity index (χ0n) is 9.40. The van der Waals surface area contributed by atoms with Crippen molar-refractivity contribution < 1.29 is 9.53 Å². The van der Waals surface area contributed by atoms with Gasteiger partial charge in [0.1, 0.15) is 5.60 Å². The van der Waals surface area contributed by atoms with Crippen molar-refractivity contribution in [2.75, 3.05) is 0 Å². The van der Waals surface area contributed by atoms with Crippen LogP contribution in [0.4, 0.5) is 0 Å². The van der Waals surface area contributed by atoms with Crippen LogP contribution in [0.15, 0.2) is 11.5 Å². The molecule has 4 heteroatoms. The van der Waals surface area contributed by atoms with Crippen LogP contribution in [0.25, 0.3) is 6.08 Å². The summed E-state index contributed by atoms with van der Waals surface area (Å²) in [6.07, 6.45) is 3.07. The van der Waals surface area contributed by atoms with E-state index >= 15 is 0 Å². The summed E-state index contributed by atoms with van der Waals surface area (Å²) in [4.78, 5) is 15.5. The summed E-state index contributed by atoms with van der Waals surface area (Å²) in [6.45, 7) is 7.44. The minimum Gasteiger partial charge on any atom is -0.457 e. The third-order valence-electron chi connectivity index (χ3n) is 1.43. The summed E-state index contributed by atoms with van der Waals surface area (Å²) in [5, 5.41) is 2.88. The summed E-state index contributed by atoms with van der Waals surface area (Å²) < 4.78 is 5.12. The van der Waals surface area contributed by atoms with Crippen LogP contribution in [-0.4, -0.2) is 16.6 Å². The Morgan fingerprint density at radius 3 is 2.67 bits per heavy atom. The lowest BCUT2D eigenvalue weighted by Gasteiger charge is -2.17. The second-order valence-corrected chi connectivity index (χ2v) is 5.22. The number of hydrogen-bond donors (Lipinski definition) is 0. The maximum absolute atomic E-state index is 11.3. The van der Waals surface area contributed by atoms with E-state index in [0.29, 0.717) is 0 Å². The van der Waals surface area contributed by atoms with E-state index in [4.69, 9.17) is 4.74 Å². The molecule has 1 rings (SSSR count). The molecule has 0 aliphatic heterocycles. The molecule has 0 aliphatic rings. The van der Waals surface area contributed by atoms with E-state index in [9.17, 15) is 4.79 Å². The van der Waals surface area contributed by atoms with Crippen molar-refractivity contribution in [3.8, 4) is 0 Å². The first-order valence-corrected chi connectivity index (χ1v) is 5.58. The molecule has 0 atom stereocenters. The highest BCUT2D eigenvalue weighted by Gasteiger charge is 2.13. The number of carbonyl (C=O) groups excluding carboxylic acids is 1. The molecule has 0 aromatic carbocycles. The standard InChI is InChI=1S/C11H15NO2S/c1-8-12-9(7-15-8)5-6-10(13)14-11(2,3)4/h5-7H,1-4H3. The molecular weight excluding hydrogens is 210 g/mol. The lowest BCUT2D eigenvalue weighted by molar-refractivity contribution is -0.148. The van der Waals surface area contributed by atoms with Gasteiger partial charge >= 0.3 is 5.97 Å². The van der Waals surface area contributed by atoms with Gasteiger partial charge in [0, 0.05) is 11.5 Å². The minimum atomic E-state index is -0.445. The van der Waals surface area contributed by atoms with Crippen molar-refractivity contribution >= 4 is 23.4 Å². The van der Waals surface area contributed by atoms with E-state index in [0.717, 1.165) is 10.7 Å². The molecule has 0 spiro atoms. The predicted octanol–water partition coefficient (Wildman–Crippen LogP) is 2.81. The molecule has 82 valence electrons. The first-order valence-electron chi connectivity index (χ1n) is 4.70. The van der Waals surface area contributed by atoms with Gasteiger partial charge < -0.3 is 4.74 Å². The van der Waals surface area contributed by atoms with E-state index in [1.54, 1.807) is 17.4 Å². The number of thiazole rings is 1. The first-order chi connectivity index (χ1) is 6.87. The summed E-state index contributed by atoms with van der Waals surface area (Å²) in [7, 11) is 0. The van der Waals surface area contributed by atoms with Gasteiger partial charge in [-0.15, -0.1) is 11.3 Å². The molecular formula is C11H15NO2S. The van der Waals surface area contributed by atoms with Gasteiger partial charge in [-0.05, 0) is 33.8 Å². The van der Waals surface area contributed by atoms with E-state index in [1.165, 1.54) is 6.08 Å². The Morgan fingerprint density at radius 1 is 1.53 bits per heavy atom.